The maximum Gasteiger partial charge on any atom is 0.446 e. The van der Waals surface area contributed by atoms with Gasteiger partial charge in [-0.05, 0) is 42.1 Å². The Labute approximate surface area is 164 Å². The lowest BCUT2D eigenvalue weighted by Crippen LogP contribution is -2.19. The number of aromatic nitrogens is 1. The van der Waals surface area contributed by atoms with Crippen LogP contribution in [0.3, 0.4) is 0 Å². The molecule has 28 heavy (non-hydrogen) atoms. The fourth-order valence-electron chi connectivity index (χ4n) is 2.04. The molecule has 3 rings (SSSR count). The highest BCUT2D eigenvalue weighted by Crippen LogP contribution is 2.37. The smallest absolute Gasteiger partial charge is 0.445 e. The zero-order chi connectivity index (χ0) is 20.1. The van der Waals surface area contributed by atoms with Crippen LogP contribution in [0.4, 0.5) is 33.2 Å². The number of nitrogens with one attached hydrogen (secondary N) is 2. The number of urea groups is 1. The third-order valence-corrected chi connectivity index (χ3v) is 4.56. The predicted octanol–water partition coefficient (Wildman–Crippen LogP) is 6.33. The Morgan fingerprint density at radius 1 is 1.11 bits per heavy atom. The predicted molar refractivity (Wildman–Crippen MR) is 99.6 cm³/mol. The number of ether oxygens (including phenoxy) is 1. The molecule has 3 aromatic rings. The van der Waals surface area contributed by atoms with Crippen LogP contribution in [0.1, 0.15) is 0 Å². The van der Waals surface area contributed by atoms with Gasteiger partial charge in [-0.25, -0.2) is 14.2 Å². The molecular formula is C17H11F4N3O2S2. The molecule has 0 bridgehead atoms. The van der Waals surface area contributed by atoms with E-state index in [0.717, 1.165) is 11.3 Å². The first-order valence-corrected chi connectivity index (χ1v) is 9.23. The molecular weight excluding hydrogens is 418 g/mol. The second-order valence-corrected chi connectivity index (χ2v) is 7.33. The van der Waals surface area contributed by atoms with Crippen LogP contribution < -0.4 is 15.4 Å². The van der Waals surface area contributed by atoms with Crippen LogP contribution in [0.2, 0.25) is 0 Å². The van der Waals surface area contributed by atoms with Crippen molar-refractivity contribution >= 4 is 39.9 Å². The Bertz CT molecular complexity index is 979. The van der Waals surface area contributed by atoms with E-state index in [4.69, 9.17) is 4.74 Å². The third-order valence-electron chi connectivity index (χ3n) is 3.04. The maximum absolute atomic E-state index is 13.2. The van der Waals surface area contributed by atoms with Crippen molar-refractivity contribution in [3.8, 4) is 10.8 Å². The summed E-state index contributed by atoms with van der Waals surface area (Å²) in [5, 5.41) is 5.40. The SMILES string of the molecule is O=C(Nc1cccc(SC(F)(F)F)c1)Nc1ncc(Oc2cccc(F)c2)s1. The molecule has 0 aliphatic rings. The van der Waals surface area contributed by atoms with Crippen LogP contribution in [-0.4, -0.2) is 16.5 Å². The Balaban J connectivity index is 1.58. The van der Waals surface area contributed by atoms with Crippen LogP contribution >= 0.6 is 23.1 Å². The number of hydrogen-bond donors (Lipinski definition) is 2. The average molecular weight is 429 g/mol. The van der Waals surface area contributed by atoms with Crippen molar-refractivity contribution in [2.45, 2.75) is 10.4 Å². The quantitative estimate of drug-likeness (QED) is 0.367. The summed E-state index contributed by atoms with van der Waals surface area (Å²) in [7, 11) is 0. The highest BCUT2D eigenvalue weighted by atomic mass is 32.2. The number of alkyl halides is 3. The number of thioether (sulfide) groups is 1. The Hall–Kier alpha value is -2.79. The maximum atomic E-state index is 13.2. The Morgan fingerprint density at radius 2 is 1.89 bits per heavy atom. The summed E-state index contributed by atoms with van der Waals surface area (Å²) in [6.07, 6.45) is 1.35. The number of rotatable bonds is 5. The van der Waals surface area contributed by atoms with E-state index in [0.29, 0.717) is 5.06 Å². The first-order chi connectivity index (χ1) is 13.3. The largest absolute Gasteiger partial charge is 0.446 e. The van der Waals surface area contributed by atoms with Gasteiger partial charge in [0, 0.05) is 16.6 Å². The van der Waals surface area contributed by atoms with Gasteiger partial charge in [0.1, 0.15) is 11.6 Å². The molecule has 146 valence electrons. The van der Waals surface area contributed by atoms with Gasteiger partial charge in [0.2, 0.25) is 5.06 Å². The standard InChI is InChI=1S/C17H11F4N3O2S2/c18-10-3-1-5-12(7-10)26-14-9-22-16(27-14)24-15(25)23-11-4-2-6-13(8-11)28-17(19,20)21/h1-9H,(H2,22,23,24,25). The number of thiazole rings is 1. The van der Waals surface area contributed by atoms with Gasteiger partial charge in [0.25, 0.3) is 0 Å². The molecule has 1 aromatic heterocycles. The summed E-state index contributed by atoms with van der Waals surface area (Å²) in [4.78, 5) is 15.9. The molecule has 2 amide bonds. The fourth-order valence-corrected chi connectivity index (χ4v) is 3.32. The van der Waals surface area contributed by atoms with E-state index >= 15 is 0 Å². The monoisotopic (exact) mass is 429 g/mol. The van der Waals surface area contributed by atoms with Crippen molar-refractivity contribution in [1.29, 1.82) is 0 Å². The number of amides is 2. The van der Waals surface area contributed by atoms with Gasteiger partial charge < -0.3 is 10.1 Å². The summed E-state index contributed by atoms with van der Waals surface area (Å²) in [6.45, 7) is 0. The second-order valence-electron chi connectivity index (χ2n) is 5.20. The summed E-state index contributed by atoms with van der Waals surface area (Å²) < 4.78 is 55.9. The minimum absolute atomic E-state index is 0.0506. The lowest BCUT2D eigenvalue weighted by atomic mass is 10.3. The molecule has 11 heteroatoms. The van der Waals surface area contributed by atoms with Crippen molar-refractivity contribution < 1.29 is 27.1 Å². The molecule has 0 atom stereocenters. The molecule has 0 spiro atoms. The zero-order valence-electron chi connectivity index (χ0n) is 13.8. The number of nitrogens with zero attached hydrogens (tertiary/aromatic N) is 1. The molecule has 0 aliphatic carbocycles. The van der Waals surface area contributed by atoms with Crippen molar-refractivity contribution in [2.75, 3.05) is 10.6 Å². The number of benzene rings is 2. The fraction of sp³-hybridized carbons (Fsp3) is 0.0588. The number of anilines is 2. The van der Waals surface area contributed by atoms with E-state index in [2.05, 4.69) is 15.6 Å². The topological polar surface area (TPSA) is 63.2 Å². The van der Waals surface area contributed by atoms with Gasteiger partial charge in [0.15, 0.2) is 5.13 Å². The summed E-state index contributed by atoms with van der Waals surface area (Å²) >= 11 is 0.729. The molecule has 2 aromatic carbocycles. The van der Waals surface area contributed by atoms with Crippen LogP contribution in [0.5, 0.6) is 10.8 Å². The average Bonchev–Trinajstić information content (AvgIpc) is 3.00. The summed E-state index contributed by atoms with van der Waals surface area (Å²) in [5.41, 5.74) is -4.22. The summed E-state index contributed by atoms with van der Waals surface area (Å²) in [6, 6.07) is 10.2. The van der Waals surface area contributed by atoms with E-state index < -0.39 is 17.4 Å². The Kier molecular flexibility index (Phi) is 6.05. The van der Waals surface area contributed by atoms with E-state index in [9.17, 15) is 22.4 Å². The second kappa shape index (κ2) is 8.48. The van der Waals surface area contributed by atoms with E-state index in [1.165, 1.54) is 48.7 Å². The molecule has 2 N–H and O–H groups in total. The molecule has 0 unspecified atom stereocenters. The number of halogens is 4. The van der Waals surface area contributed by atoms with Crippen molar-refractivity contribution in [3.05, 3.63) is 60.5 Å². The van der Waals surface area contributed by atoms with Crippen LogP contribution in [-0.2, 0) is 0 Å². The molecule has 1 heterocycles. The van der Waals surface area contributed by atoms with Gasteiger partial charge in [-0.2, -0.15) is 13.2 Å². The normalized spacial score (nSPS) is 11.1. The Morgan fingerprint density at radius 3 is 2.64 bits per heavy atom. The molecule has 5 nitrogen and oxygen atoms in total. The van der Waals surface area contributed by atoms with Gasteiger partial charge >= 0.3 is 11.5 Å². The molecule has 0 aliphatic heterocycles. The van der Waals surface area contributed by atoms with Gasteiger partial charge in [-0.3, -0.25) is 5.32 Å². The number of carbonyl (C=O) groups is 1. The highest BCUT2D eigenvalue weighted by molar-refractivity contribution is 8.00. The van der Waals surface area contributed by atoms with Crippen molar-refractivity contribution in [1.82, 2.24) is 4.98 Å². The minimum atomic E-state index is -4.42. The third kappa shape index (κ3) is 6.13. The van der Waals surface area contributed by atoms with Crippen LogP contribution in [0, 0.1) is 5.82 Å². The van der Waals surface area contributed by atoms with Gasteiger partial charge in [-0.1, -0.05) is 23.5 Å². The molecule has 0 saturated heterocycles. The lowest BCUT2D eigenvalue weighted by molar-refractivity contribution is -0.0328. The van der Waals surface area contributed by atoms with Crippen LogP contribution in [0.25, 0.3) is 0 Å². The van der Waals surface area contributed by atoms with E-state index in [1.54, 1.807) is 6.07 Å². The number of carbonyl (C=O) groups excluding carboxylic acids is 1. The molecule has 0 fully saturated rings. The van der Waals surface area contributed by atoms with Gasteiger partial charge in [0.05, 0.1) is 6.20 Å². The van der Waals surface area contributed by atoms with Crippen molar-refractivity contribution in [2.24, 2.45) is 0 Å². The number of hydrogen-bond acceptors (Lipinski definition) is 5. The van der Waals surface area contributed by atoms with E-state index in [1.807, 2.05) is 0 Å². The zero-order valence-corrected chi connectivity index (χ0v) is 15.4. The van der Waals surface area contributed by atoms with Crippen molar-refractivity contribution in [3.63, 3.8) is 0 Å². The van der Waals surface area contributed by atoms with E-state index in [-0.39, 0.29) is 33.2 Å². The molecule has 0 radical (unpaired) electrons. The highest BCUT2D eigenvalue weighted by Gasteiger charge is 2.29. The lowest BCUT2D eigenvalue weighted by Gasteiger charge is -2.08. The van der Waals surface area contributed by atoms with Gasteiger partial charge in [-0.15, -0.1) is 0 Å². The summed E-state index contributed by atoms with van der Waals surface area (Å²) in [5.74, 6) is -0.177. The van der Waals surface area contributed by atoms with Crippen LogP contribution in [0.15, 0.2) is 59.6 Å². The first kappa shape index (κ1) is 20.0. The molecule has 0 saturated carbocycles. The minimum Gasteiger partial charge on any atom is -0.445 e. The first-order valence-electron chi connectivity index (χ1n) is 7.60.